The van der Waals surface area contributed by atoms with E-state index in [2.05, 4.69) is 16.8 Å². The number of hydrogen-bond acceptors (Lipinski definition) is 4. The average molecular weight is 347 g/mol. The fourth-order valence-corrected chi connectivity index (χ4v) is 3.69. The van der Waals surface area contributed by atoms with Gasteiger partial charge >= 0.3 is 6.03 Å². The van der Waals surface area contributed by atoms with Crippen LogP contribution >= 0.6 is 11.3 Å². The third kappa shape index (κ3) is 3.68. The summed E-state index contributed by atoms with van der Waals surface area (Å²) in [5, 5.41) is 7.05. The van der Waals surface area contributed by atoms with Crippen molar-refractivity contribution in [1.82, 2.24) is 9.47 Å². The van der Waals surface area contributed by atoms with Crippen molar-refractivity contribution in [2.45, 2.75) is 25.4 Å². The zero-order valence-corrected chi connectivity index (χ0v) is 14.4. The number of ether oxygens (including phenoxy) is 1. The molecule has 6 nitrogen and oxygen atoms in total. The molecule has 1 fully saturated rings. The monoisotopic (exact) mass is 347 g/mol. The Morgan fingerprint density at radius 1 is 1.42 bits per heavy atom. The number of thiophene rings is 1. The first-order valence-corrected chi connectivity index (χ1v) is 8.92. The minimum absolute atomic E-state index is 0.109. The Morgan fingerprint density at radius 3 is 3.04 bits per heavy atom. The van der Waals surface area contributed by atoms with Crippen LogP contribution in [0.1, 0.15) is 24.4 Å². The van der Waals surface area contributed by atoms with E-state index in [1.165, 1.54) is 11.6 Å². The maximum Gasteiger partial charge on any atom is 0.322 e. The molecule has 24 heavy (non-hydrogen) atoms. The first-order chi connectivity index (χ1) is 11.7. The molecule has 1 aliphatic rings. The summed E-state index contributed by atoms with van der Waals surface area (Å²) in [6.07, 6.45) is 3.65. The normalized spacial score (nSPS) is 17.2. The van der Waals surface area contributed by atoms with Gasteiger partial charge in [0.25, 0.3) is 5.56 Å². The highest BCUT2D eigenvalue weighted by molar-refractivity contribution is 7.07. The Hall–Kier alpha value is -2.12. The molecule has 1 N–H and O–H groups in total. The summed E-state index contributed by atoms with van der Waals surface area (Å²) >= 11 is 1.65. The predicted octanol–water partition coefficient (Wildman–Crippen LogP) is 2.93. The van der Waals surface area contributed by atoms with Gasteiger partial charge in [0.1, 0.15) is 0 Å². The molecular formula is C17H21N3O3S. The number of nitrogens with zero attached hydrogens (tertiary/aromatic N) is 2. The number of anilines is 1. The van der Waals surface area contributed by atoms with E-state index in [9.17, 15) is 9.59 Å². The highest BCUT2D eigenvalue weighted by atomic mass is 32.1. The molecule has 0 aromatic carbocycles. The van der Waals surface area contributed by atoms with Crippen molar-refractivity contribution >= 4 is 23.1 Å². The molecule has 2 amide bonds. The van der Waals surface area contributed by atoms with Gasteiger partial charge in [-0.15, -0.1) is 0 Å². The molecule has 0 saturated carbocycles. The van der Waals surface area contributed by atoms with Crippen molar-refractivity contribution in [3.05, 3.63) is 51.1 Å². The molecule has 3 heterocycles. The second-order valence-electron chi connectivity index (χ2n) is 5.78. The van der Waals surface area contributed by atoms with Gasteiger partial charge in [-0.3, -0.25) is 4.79 Å². The van der Waals surface area contributed by atoms with Gasteiger partial charge in [0.15, 0.2) is 0 Å². The number of likely N-dealkylation sites (tertiary alicyclic amines) is 1. The molecule has 2 aromatic heterocycles. The van der Waals surface area contributed by atoms with Crippen molar-refractivity contribution in [2.75, 3.05) is 25.6 Å². The molecule has 0 spiro atoms. The number of nitrogens with one attached hydrogen (secondary N) is 1. The average Bonchev–Trinajstić information content (AvgIpc) is 3.25. The molecule has 7 heteroatoms. The molecule has 0 radical (unpaired) electrons. The Balaban J connectivity index is 1.71. The minimum Gasteiger partial charge on any atom is -0.383 e. The number of hydrogen-bond donors (Lipinski definition) is 1. The highest BCUT2D eigenvalue weighted by Crippen LogP contribution is 2.33. The van der Waals surface area contributed by atoms with Crippen LogP contribution in [0.4, 0.5) is 10.5 Å². The number of pyridine rings is 1. The van der Waals surface area contributed by atoms with Crippen LogP contribution in [0.5, 0.6) is 0 Å². The topological polar surface area (TPSA) is 63.6 Å². The summed E-state index contributed by atoms with van der Waals surface area (Å²) < 4.78 is 6.55. The number of methoxy groups -OCH3 is 1. The quantitative estimate of drug-likeness (QED) is 0.904. The van der Waals surface area contributed by atoms with Crippen LogP contribution in [-0.4, -0.2) is 35.8 Å². The summed E-state index contributed by atoms with van der Waals surface area (Å²) in [5.74, 6) is 0. The highest BCUT2D eigenvalue weighted by Gasteiger charge is 2.30. The van der Waals surface area contributed by atoms with E-state index in [0.29, 0.717) is 18.8 Å². The number of aromatic nitrogens is 1. The van der Waals surface area contributed by atoms with E-state index in [-0.39, 0.29) is 17.6 Å². The number of carbonyl (C=O) groups excluding carboxylic acids is 1. The predicted molar refractivity (Wildman–Crippen MR) is 94.6 cm³/mol. The van der Waals surface area contributed by atoms with Gasteiger partial charge in [-0.2, -0.15) is 11.3 Å². The third-order valence-corrected chi connectivity index (χ3v) is 4.91. The van der Waals surface area contributed by atoms with E-state index in [1.54, 1.807) is 35.3 Å². The summed E-state index contributed by atoms with van der Waals surface area (Å²) in [7, 11) is 1.59. The summed E-state index contributed by atoms with van der Waals surface area (Å²) in [4.78, 5) is 26.3. The Morgan fingerprint density at radius 2 is 2.29 bits per heavy atom. The number of amides is 2. The van der Waals surface area contributed by atoms with Crippen LogP contribution in [0.15, 0.2) is 40.0 Å². The van der Waals surface area contributed by atoms with Crippen molar-refractivity contribution in [2.24, 2.45) is 0 Å². The van der Waals surface area contributed by atoms with Crippen LogP contribution in [0.2, 0.25) is 0 Å². The van der Waals surface area contributed by atoms with Crippen LogP contribution in [-0.2, 0) is 11.3 Å². The Kier molecular flexibility index (Phi) is 5.32. The van der Waals surface area contributed by atoms with E-state index < -0.39 is 0 Å². The Labute approximate surface area is 144 Å². The zero-order chi connectivity index (χ0) is 16.9. The van der Waals surface area contributed by atoms with Gasteiger partial charge < -0.3 is 19.5 Å². The number of carbonyl (C=O) groups is 1. The van der Waals surface area contributed by atoms with Gasteiger partial charge in [-0.05, 0) is 41.3 Å². The van der Waals surface area contributed by atoms with Gasteiger partial charge in [0, 0.05) is 32.5 Å². The lowest BCUT2D eigenvalue weighted by Gasteiger charge is -2.24. The minimum atomic E-state index is -0.124. The zero-order valence-electron chi connectivity index (χ0n) is 13.6. The van der Waals surface area contributed by atoms with E-state index in [1.807, 2.05) is 10.3 Å². The van der Waals surface area contributed by atoms with Crippen molar-refractivity contribution in [3.63, 3.8) is 0 Å². The molecular weight excluding hydrogens is 326 g/mol. The first-order valence-electron chi connectivity index (χ1n) is 7.98. The van der Waals surface area contributed by atoms with E-state index in [0.717, 1.165) is 19.4 Å². The smallest absolute Gasteiger partial charge is 0.322 e. The third-order valence-electron chi connectivity index (χ3n) is 4.21. The van der Waals surface area contributed by atoms with Crippen molar-refractivity contribution in [3.8, 4) is 0 Å². The molecule has 1 unspecified atom stereocenters. The summed E-state index contributed by atoms with van der Waals surface area (Å²) in [6, 6.07) is 5.19. The molecule has 0 bridgehead atoms. The van der Waals surface area contributed by atoms with Gasteiger partial charge in [-0.25, -0.2) is 4.79 Å². The second-order valence-corrected chi connectivity index (χ2v) is 6.56. The Bertz CT molecular complexity index is 742. The summed E-state index contributed by atoms with van der Waals surface area (Å²) in [6.45, 7) is 1.65. The second kappa shape index (κ2) is 7.63. The number of rotatable bonds is 5. The molecule has 1 atom stereocenters. The molecule has 1 aliphatic heterocycles. The lowest BCUT2D eigenvalue weighted by Crippen LogP contribution is -2.34. The molecule has 3 rings (SSSR count). The molecule has 2 aromatic rings. The fourth-order valence-electron chi connectivity index (χ4n) is 2.99. The standard InChI is InChI=1S/C17H21N3O3S/c1-23-9-8-19-11-14(4-5-16(19)21)18-17(22)20-7-2-3-15(20)13-6-10-24-12-13/h4-6,10-12,15H,2-3,7-9H2,1H3,(H,18,22). The molecule has 128 valence electrons. The lowest BCUT2D eigenvalue weighted by molar-refractivity contribution is 0.186. The van der Waals surface area contributed by atoms with Gasteiger partial charge in [0.05, 0.1) is 18.3 Å². The largest absolute Gasteiger partial charge is 0.383 e. The molecule has 0 aliphatic carbocycles. The van der Waals surface area contributed by atoms with Crippen molar-refractivity contribution in [1.29, 1.82) is 0 Å². The lowest BCUT2D eigenvalue weighted by atomic mass is 10.1. The van der Waals surface area contributed by atoms with Crippen molar-refractivity contribution < 1.29 is 9.53 Å². The van der Waals surface area contributed by atoms with Crippen LogP contribution in [0.3, 0.4) is 0 Å². The van der Waals surface area contributed by atoms with Gasteiger partial charge in [-0.1, -0.05) is 0 Å². The SMILES string of the molecule is COCCn1cc(NC(=O)N2CCCC2c2ccsc2)ccc1=O. The molecule has 1 saturated heterocycles. The van der Waals surface area contributed by atoms with Crippen LogP contribution in [0.25, 0.3) is 0 Å². The first kappa shape index (κ1) is 16.7. The maximum absolute atomic E-state index is 12.6. The fraction of sp³-hybridized carbons (Fsp3) is 0.412. The van der Waals surface area contributed by atoms with Crippen LogP contribution < -0.4 is 10.9 Å². The summed E-state index contributed by atoms with van der Waals surface area (Å²) in [5.41, 5.74) is 1.70. The van der Waals surface area contributed by atoms with E-state index in [4.69, 9.17) is 4.74 Å². The number of urea groups is 1. The van der Waals surface area contributed by atoms with Gasteiger partial charge in [0.2, 0.25) is 0 Å². The van der Waals surface area contributed by atoms with E-state index >= 15 is 0 Å². The maximum atomic E-state index is 12.6. The van der Waals surface area contributed by atoms with Crippen LogP contribution in [0, 0.1) is 0 Å².